The molecule has 0 aromatic heterocycles. The second-order valence-electron chi connectivity index (χ2n) is 4.58. The molecule has 0 saturated heterocycles. The van der Waals surface area contributed by atoms with Crippen molar-refractivity contribution in [3.05, 3.63) is 24.3 Å². The lowest BCUT2D eigenvalue weighted by Gasteiger charge is -2.11. The van der Waals surface area contributed by atoms with E-state index in [0.717, 1.165) is 12.1 Å². The molecule has 0 radical (unpaired) electrons. The van der Waals surface area contributed by atoms with Crippen molar-refractivity contribution in [3.8, 4) is 0 Å². The predicted octanol–water partition coefficient (Wildman–Crippen LogP) is -1.13. The van der Waals surface area contributed by atoms with Crippen LogP contribution < -0.4 is 0 Å². The molecule has 1 aromatic rings. The molecule has 0 aliphatic rings. The maximum atomic E-state index is 12.2. The Bertz CT molecular complexity index is 964. The van der Waals surface area contributed by atoms with Gasteiger partial charge in [0.25, 0.3) is 0 Å². The van der Waals surface area contributed by atoms with Gasteiger partial charge in [0.2, 0.25) is 0 Å². The van der Waals surface area contributed by atoms with Crippen molar-refractivity contribution in [3.63, 3.8) is 0 Å². The minimum Gasteiger partial charge on any atom is -0.264 e. The van der Waals surface area contributed by atoms with E-state index in [0.29, 0.717) is 0 Å². The molecule has 0 saturated carbocycles. The monoisotopic (exact) mass is 454 g/mol. The Labute approximate surface area is 150 Å². The smallest absolute Gasteiger partial charge is 0.264 e. The summed E-state index contributed by atoms with van der Waals surface area (Å²) in [5.41, 5.74) is 0. The number of hydrogen-bond acceptors (Lipinski definition) is 10. The zero-order chi connectivity index (χ0) is 20.2. The molecule has 16 heteroatoms. The first kappa shape index (κ1) is 22.9. The molecule has 0 amide bonds. The van der Waals surface area contributed by atoms with E-state index in [4.69, 9.17) is 9.11 Å². The van der Waals surface area contributed by atoms with Crippen molar-refractivity contribution < 1.29 is 51.1 Å². The fraction of sp³-hybridized carbons (Fsp3) is 0.400. The molecule has 26 heavy (non-hydrogen) atoms. The molecule has 0 heterocycles. The van der Waals surface area contributed by atoms with E-state index >= 15 is 0 Å². The molecule has 0 spiro atoms. The first-order valence-electron chi connectivity index (χ1n) is 6.42. The molecule has 0 unspecified atom stereocenters. The molecule has 12 nitrogen and oxygen atoms in total. The number of hydrogen-bond donors (Lipinski definition) is 2. The molecule has 1 aromatic carbocycles. The van der Waals surface area contributed by atoms with Crippen molar-refractivity contribution in [2.75, 3.05) is 24.7 Å². The Kier molecular flexibility index (Phi) is 7.27. The Morgan fingerprint density at radius 2 is 0.962 bits per heavy atom. The summed E-state index contributed by atoms with van der Waals surface area (Å²) in [5, 5.41) is 0. The molecule has 0 atom stereocenters. The van der Waals surface area contributed by atoms with Crippen molar-refractivity contribution in [1.29, 1.82) is 0 Å². The van der Waals surface area contributed by atoms with Gasteiger partial charge < -0.3 is 0 Å². The largest absolute Gasteiger partial charge is 0.397 e. The number of benzene rings is 1. The highest BCUT2D eigenvalue weighted by Crippen LogP contribution is 2.23. The number of rotatable bonds is 10. The second kappa shape index (κ2) is 8.26. The summed E-state index contributed by atoms with van der Waals surface area (Å²) in [6.07, 6.45) is 0. The Balaban J connectivity index is 3.09. The first-order valence-corrected chi connectivity index (χ1v) is 12.5. The summed E-state index contributed by atoms with van der Waals surface area (Å²) in [4.78, 5) is -1.35. The van der Waals surface area contributed by atoms with Crippen LogP contribution in [0, 0.1) is 0 Å². The zero-order valence-corrected chi connectivity index (χ0v) is 16.0. The minimum absolute atomic E-state index is 0.675. The average Bonchev–Trinajstić information content (AvgIpc) is 2.44. The molecule has 0 aliphatic carbocycles. The standard InChI is InChI=1S/C10H14O12S4/c11-23(12,7-5-21-25(15,16)17)9-3-1-2-4-10(9)24(13,14)8-6-22-26(18,19)20/h1-4H,5-8H2,(H,15,16,17)(H,18,19,20). The molecule has 2 N–H and O–H groups in total. The summed E-state index contributed by atoms with van der Waals surface area (Å²) in [6.45, 7) is -1.91. The van der Waals surface area contributed by atoms with Crippen LogP contribution in [0.2, 0.25) is 0 Å². The fourth-order valence-electron chi connectivity index (χ4n) is 1.68. The van der Waals surface area contributed by atoms with Crippen molar-refractivity contribution in [1.82, 2.24) is 0 Å². The third-order valence-electron chi connectivity index (χ3n) is 2.69. The van der Waals surface area contributed by atoms with Crippen LogP contribution in [-0.4, -0.2) is 67.5 Å². The van der Waals surface area contributed by atoms with Gasteiger partial charge in [0.1, 0.15) is 0 Å². The van der Waals surface area contributed by atoms with Gasteiger partial charge in [-0.05, 0) is 12.1 Å². The van der Waals surface area contributed by atoms with Crippen molar-refractivity contribution in [2.24, 2.45) is 0 Å². The predicted molar refractivity (Wildman–Crippen MR) is 85.5 cm³/mol. The zero-order valence-electron chi connectivity index (χ0n) is 12.7. The van der Waals surface area contributed by atoms with E-state index in [-0.39, 0.29) is 0 Å². The Morgan fingerprint density at radius 3 is 1.23 bits per heavy atom. The third-order valence-corrected chi connectivity index (χ3v) is 7.21. The quantitative estimate of drug-likeness (QED) is 0.404. The summed E-state index contributed by atoms with van der Waals surface area (Å²) in [5.74, 6) is -1.91. The Morgan fingerprint density at radius 1 is 0.654 bits per heavy atom. The van der Waals surface area contributed by atoms with E-state index in [1.54, 1.807) is 0 Å². The summed E-state index contributed by atoms with van der Waals surface area (Å²) < 4.78 is 115. The highest BCUT2D eigenvalue weighted by Gasteiger charge is 2.27. The van der Waals surface area contributed by atoms with Gasteiger partial charge in [0.05, 0.1) is 34.5 Å². The van der Waals surface area contributed by atoms with Crippen LogP contribution in [0.25, 0.3) is 0 Å². The van der Waals surface area contributed by atoms with E-state index in [1.807, 2.05) is 0 Å². The van der Waals surface area contributed by atoms with Crippen LogP contribution in [0.1, 0.15) is 0 Å². The van der Waals surface area contributed by atoms with Crippen LogP contribution in [0.15, 0.2) is 34.1 Å². The van der Waals surface area contributed by atoms with E-state index in [1.165, 1.54) is 12.1 Å². The van der Waals surface area contributed by atoms with Crippen LogP contribution >= 0.6 is 0 Å². The van der Waals surface area contributed by atoms with Crippen LogP contribution in [0.4, 0.5) is 0 Å². The van der Waals surface area contributed by atoms with Crippen LogP contribution in [0.3, 0.4) is 0 Å². The summed E-state index contributed by atoms with van der Waals surface area (Å²) >= 11 is 0. The summed E-state index contributed by atoms with van der Waals surface area (Å²) in [6, 6.07) is 4.31. The maximum Gasteiger partial charge on any atom is 0.397 e. The minimum atomic E-state index is -4.87. The SMILES string of the molecule is O=S(=O)(O)OCCS(=O)(=O)c1ccccc1S(=O)(=O)CCOS(=O)(=O)O. The number of sulfone groups is 2. The lowest BCUT2D eigenvalue weighted by Crippen LogP contribution is -2.20. The van der Waals surface area contributed by atoms with Gasteiger partial charge in [-0.1, -0.05) is 12.1 Å². The van der Waals surface area contributed by atoms with Crippen molar-refractivity contribution in [2.45, 2.75) is 9.79 Å². The van der Waals surface area contributed by atoms with E-state index < -0.39 is 75.0 Å². The third kappa shape index (κ3) is 7.62. The van der Waals surface area contributed by atoms with Gasteiger partial charge in [0.15, 0.2) is 19.7 Å². The first-order chi connectivity index (χ1) is 11.6. The highest BCUT2D eigenvalue weighted by atomic mass is 32.3. The molecule has 0 aliphatic heterocycles. The normalized spacial score (nSPS) is 13.6. The van der Waals surface area contributed by atoms with Gasteiger partial charge in [-0.15, -0.1) is 0 Å². The molecule has 0 fully saturated rings. The molecule has 0 bridgehead atoms. The highest BCUT2D eigenvalue weighted by molar-refractivity contribution is 7.94. The van der Waals surface area contributed by atoms with E-state index in [2.05, 4.69) is 8.37 Å². The lowest BCUT2D eigenvalue weighted by molar-refractivity contribution is 0.282. The maximum absolute atomic E-state index is 12.2. The average molecular weight is 454 g/mol. The fourth-order valence-corrected chi connectivity index (χ4v) is 5.61. The topological polar surface area (TPSA) is 195 Å². The lowest BCUT2D eigenvalue weighted by atomic mass is 10.4. The molecule has 150 valence electrons. The van der Waals surface area contributed by atoms with Crippen molar-refractivity contribution >= 4 is 40.5 Å². The van der Waals surface area contributed by atoms with Gasteiger partial charge in [0, 0.05) is 0 Å². The molecular formula is C10H14O12S4. The molecule has 1 rings (SSSR count). The Hall–Kier alpha value is -1.14. The van der Waals surface area contributed by atoms with Gasteiger partial charge in [-0.2, -0.15) is 16.8 Å². The molecular weight excluding hydrogens is 440 g/mol. The van der Waals surface area contributed by atoms with Gasteiger partial charge in [-0.3, -0.25) is 9.11 Å². The summed E-state index contributed by atoms with van der Waals surface area (Å²) in [7, 11) is -18.4. The van der Waals surface area contributed by atoms with Gasteiger partial charge in [-0.25, -0.2) is 25.2 Å². The van der Waals surface area contributed by atoms with Crippen LogP contribution in [-0.2, 0) is 48.8 Å². The van der Waals surface area contributed by atoms with Crippen LogP contribution in [0.5, 0.6) is 0 Å². The van der Waals surface area contributed by atoms with Gasteiger partial charge >= 0.3 is 20.8 Å². The van der Waals surface area contributed by atoms with E-state index in [9.17, 15) is 33.7 Å². The second-order valence-corrected chi connectivity index (χ2v) is 10.9.